The van der Waals surface area contributed by atoms with Gasteiger partial charge in [-0.05, 0) is 33.6 Å². The third-order valence-electron chi connectivity index (χ3n) is 4.82. The van der Waals surface area contributed by atoms with Crippen LogP contribution in [0.1, 0.15) is 39.3 Å². The summed E-state index contributed by atoms with van der Waals surface area (Å²) in [5, 5.41) is 34.8. The third-order valence-corrected chi connectivity index (χ3v) is 6.17. The van der Waals surface area contributed by atoms with Crippen LogP contribution in [0.15, 0.2) is 15.5 Å². The quantitative estimate of drug-likeness (QED) is 0.0210. The molecule has 13 N–H and O–H groups in total. The van der Waals surface area contributed by atoms with E-state index in [1.807, 2.05) is 0 Å². The molecule has 1 rings (SSSR count). The average molecular weight is 656 g/mol. The van der Waals surface area contributed by atoms with Crippen molar-refractivity contribution >= 4 is 68.7 Å². The maximum Gasteiger partial charge on any atom is 0.350 e. The van der Waals surface area contributed by atoms with Gasteiger partial charge in [0.05, 0.1) is 6.04 Å². The Morgan fingerprint density at radius 2 is 1.79 bits per heavy atom. The molecule has 1 aromatic heterocycles. The highest BCUT2D eigenvalue weighted by molar-refractivity contribution is 7.83. The van der Waals surface area contributed by atoms with E-state index in [1.54, 1.807) is 4.72 Å². The van der Waals surface area contributed by atoms with E-state index in [0.29, 0.717) is 0 Å². The minimum Gasteiger partial charge on any atom is -0.483 e. The first-order chi connectivity index (χ1) is 19.7. The predicted molar refractivity (Wildman–Crippen MR) is 150 cm³/mol. The van der Waals surface area contributed by atoms with Gasteiger partial charge in [-0.1, -0.05) is 5.16 Å². The lowest BCUT2D eigenvalue weighted by molar-refractivity contribution is -0.161. The Bertz CT molecular complexity index is 1310. The number of carbonyl (C=O) groups excluding carboxylic acids is 2. The lowest BCUT2D eigenvalue weighted by atomic mass is 10.1. The van der Waals surface area contributed by atoms with Crippen molar-refractivity contribution < 1.29 is 57.1 Å². The molecule has 0 fully saturated rings. The van der Waals surface area contributed by atoms with Gasteiger partial charge >= 0.3 is 22.2 Å². The maximum atomic E-state index is 13.2. The van der Waals surface area contributed by atoms with E-state index in [4.69, 9.17) is 31.9 Å². The molecular weight excluding hydrogens is 622 g/mol. The molecule has 21 nitrogen and oxygen atoms in total. The molecule has 0 radical (unpaired) electrons. The number of nitrogens with two attached hydrogens (primary N) is 3. The molecule has 0 aliphatic carbocycles. The van der Waals surface area contributed by atoms with Gasteiger partial charge in [-0.3, -0.25) is 23.9 Å². The number of carboxylic acids is 2. The first-order valence-corrected chi connectivity index (χ1v) is 14.0. The number of aliphatic carboxylic acids is 2. The van der Waals surface area contributed by atoms with Crippen LogP contribution in [0.25, 0.3) is 0 Å². The zero-order valence-electron chi connectivity index (χ0n) is 23.0. The SMILES string of the molecule is C[C@H](NS(=O)(=O)O)[C@H](NC(=O)/C(=N\OC(C)(C)C(=O)O)c1csc(N)n1)C(=O)N[C@@H](CCCN=C(N)N)C(=O)O.O=CO. The highest BCUT2D eigenvalue weighted by Crippen LogP contribution is 2.15. The smallest absolute Gasteiger partial charge is 0.350 e. The number of amides is 2. The fraction of sp³-hybridized carbons (Fsp3) is 0.500. The van der Waals surface area contributed by atoms with Gasteiger partial charge in [0.1, 0.15) is 17.8 Å². The van der Waals surface area contributed by atoms with Crippen molar-refractivity contribution in [1.82, 2.24) is 20.3 Å². The number of hydrogen-bond acceptors (Lipinski definition) is 13. The normalized spacial score (nSPS) is 13.6. The average Bonchev–Trinajstić information content (AvgIpc) is 3.28. The van der Waals surface area contributed by atoms with Crippen molar-refractivity contribution in [3.63, 3.8) is 0 Å². The molecule has 0 aliphatic heterocycles. The van der Waals surface area contributed by atoms with E-state index in [1.165, 1.54) is 5.38 Å². The van der Waals surface area contributed by atoms with E-state index in [2.05, 4.69) is 25.8 Å². The van der Waals surface area contributed by atoms with Gasteiger partial charge in [0.25, 0.3) is 12.4 Å². The fourth-order valence-electron chi connectivity index (χ4n) is 2.75. The molecule has 3 atom stereocenters. The molecule has 2 amide bonds. The summed E-state index contributed by atoms with van der Waals surface area (Å²) in [5.74, 6) is -5.50. The summed E-state index contributed by atoms with van der Waals surface area (Å²) in [6.45, 7) is 3.16. The summed E-state index contributed by atoms with van der Waals surface area (Å²) in [4.78, 5) is 70.3. The molecule has 0 saturated carbocycles. The number of carboxylic acid groups (broad SMARTS) is 3. The summed E-state index contributed by atoms with van der Waals surface area (Å²) < 4.78 is 33.7. The molecule has 23 heteroatoms. The summed E-state index contributed by atoms with van der Waals surface area (Å²) in [6.07, 6.45) is -0.0225. The molecule has 0 saturated heterocycles. The van der Waals surface area contributed by atoms with Crippen LogP contribution in [0.2, 0.25) is 0 Å². The Balaban J connectivity index is 0.00000562. The van der Waals surface area contributed by atoms with Gasteiger partial charge < -0.3 is 48.0 Å². The second kappa shape index (κ2) is 17.4. The van der Waals surface area contributed by atoms with Crippen molar-refractivity contribution in [2.75, 3.05) is 12.3 Å². The Morgan fingerprint density at radius 3 is 2.23 bits per heavy atom. The predicted octanol–water partition coefficient (Wildman–Crippen LogP) is -3.10. The minimum atomic E-state index is -4.90. The maximum absolute atomic E-state index is 13.2. The highest BCUT2D eigenvalue weighted by atomic mass is 32.2. The lowest BCUT2D eigenvalue weighted by Gasteiger charge is -2.26. The van der Waals surface area contributed by atoms with Crippen molar-refractivity contribution in [3.05, 3.63) is 11.1 Å². The number of carbonyl (C=O) groups is 5. The molecule has 0 aromatic carbocycles. The minimum absolute atomic E-state index is 0.00581. The van der Waals surface area contributed by atoms with Crippen molar-refractivity contribution in [3.8, 4) is 0 Å². The summed E-state index contributed by atoms with van der Waals surface area (Å²) in [7, 11) is -4.90. The van der Waals surface area contributed by atoms with E-state index in [9.17, 15) is 42.4 Å². The summed E-state index contributed by atoms with van der Waals surface area (Å²) in [6, 6.07) is -4.90. The van der Waals surface area contributed by atoms with Crippen molar-refractivity contribution in [2.45, 2.75) is 57.3 Å². The molecule has 242 valence electrons. The molecule has 0 spiro atoms. The van der Waals surface area contributed by atoms with Crippen LogP contribution < -0.4 is 32.6 Å². The number of thiazole rings is 1. The Hall–Kier alpha value is -4.61. The molecule has 1 aromatic rings. The molecule has 0 aliphatic rings. The standard InChI is InChI=1S/C19H31N9O10S2.CH2O2/c1-8(28-40(35,36)37)11(13(29)24-9(15(31)32)5-4-6-23-17(20)21)26-14(30)12(10-7-39-18(22)25-10)27-38-19(2,3)16(33)34;2-1-3/h7-9,11,28H,4-6H2,1-3H3,(H2,22,25)(H,24,29)(H,26,30)(H,31,32)(H,33,34)(H4,20,21,23)(H,35,36,37);1H,(H,2,3)/b27-12-;/t8-,9-,11-;/m0./s1. The van der Waals surface area contributed by atoms with Gasteiger partial charge in [0, 0.05) is 11.9 Å². The van der Waals surface area contributed by atoms with E-state index in [-0.39, 0.29) is 42.6 Å². The number of nitrogen functional groups attached to an aromatic ring is 1. The number of guanidine groups is 1. The Kier molecular flexibility index (Phi) is 15.5. The number of anilines is 1. The summed E-state index contributed by atoms with van der Waals surface area (Å²) >= 11 is 0.892. The lowest BCUT2D eigenvalue weighted by Crippen LogP contribution is -2.60. The second-order valence-electron chi connectivity index (χ2n) is 8.70. The Morgan fingerprint density at radius 1 is 1.21 bits per heavy atom. The van der Waals surface area contributed by atoms with E-state index < -0.39 is 63.5 Å². The topological polar surface area (TPSA) is 361 Å². The largest absolute Gasteiger partial charge is 0.483 e. The number of rotatable bonds is 16. The highest BCUT2D eigenvalue weighted by Gasteiger charge is 2.35. The number of hydrogen-bond donors (Lipinski definition) is 10. The van der Waals surface area contributed by atoms with Gasteiger partial charge in [0.2, 0.25) is 11.5 Å². The van der Waals surface area contributed by atoms with Gasteiger partial charge in [-0.25, -0.2) is 14.6 Å². The van der Waals surface area contributed by atoms with Crippen LogP contribution in [0.5, 0.6) is 0 Å². The number of nitrogens with one attached hydrogen (secondary N) is 3. The van der Waals surface area contributed by atoms with Crippen LogP contribution in [-0.2, 0) is 39.1 Å². The first-order valence-electron chi connectivity index (χ1n) is 11.7. The molecule has 0 unspecified atom stereocenters. The molecular formula is C20H33N9O12S2. The number of nitrogens with zero attached hydrogens (tertiary/aromatic N) is 3. The zero-order valence-corrected chi connectivity index (χ0v) is 24.6. The third kappa shape index (κ3) is 14.7. The van der Waals surface area contributed by atoms with Crippen molar-refractivity contribution in [1.29, 1.82) is 0 Å². The van der Waals surface area contributed by atoms with Crippen LogP contribution >= 0.6 is 11.3 Å². The molecule has 1 heterocycles. The number of aromatic nitrogens is 1. The van der Waals surface area contributed by atoms with E-state index >= 15 is 0 Å². The van der Waals surface area contributed by atoms with Gasteiger partial charge in [0.15, 0.2) is 16.8 Å². The summed E-state index contributed by atoms with van der Waals surface area (Å²) in [5.41, 5.74) is 13.3. The molecule has 0 bridgehead atoms. The first kappa shape index (κ1) is 38.4. The van der Waals surface area contributed by atoms with Gasteiger partial charge in [-0.2, -0.15) is 13.1 Å². The van der Waals surface area contributed by atoms with Crippen LogP contribution in [0.4, 0.5) is 5.13 Å². The monoisotopic (exact) mass is 655 g/mol. The molecule has 43 heavy (non-hydrogen) atoms. The van der Waals surface area contributed by atoms with E-state index in [0.717, 1.165) is 32.1 Å². The van der Waals surface area contributed by atoms with Crippen LogP contribution in [-0.4, -0.2) is 105 Å². The fourth-order valence-corrected chi connectivity index (χ4v) is 3.91. The number of aliphatic imine (C=N–C) groups is 1. The zero-order chi connectivity index (χ0) is 33.5. The van der Waals surface area contributed by atoms with Crippen molar-refractivity contribution in [2.24, 2.45) is 21.6 Å². The van der Waals surface area contributed by atoms with Crippen LogP contribution in [0.3, 0.4) is 0 Å². The van der Waals surface area contributed by atoms with Gasteiger partial charge in [-0.15, -0.1) is 11.3 Å². The number of oxime groups is 1. The Labute approximate surface area is 248 Å². The van der Waals surface area contributed by atoms with Crippen LogP contribution in [0, 0.1) is 0 Å². The second-order valence-corrected chi connectivity index (χ2v) is 10.8.